The van der Waals surface area contributed by atoms with E-state index in [2.05, 4.69) is 10.6 Å². The number of benzene rings is 2. The fourth-order valence-corrected chi connectivity index (χ4v) is 2.64. The molecule has 110 valence electrons. The van der Waals surface area contributed by atoms with Crippen LogP contribution in [0.2, 0.25) is 0 Å². The topological polar surface area (TPSA) is 58.2 Å². The first-order valence-electron chi connectivity index (χ1n) is 6.39. The summed E-state index contributed by atoms with van der Waals surface area (Å²) in [4.78, 5) is 12.3. The van der Waals surface area contributed by atoms with Crippen LogP contribution in [0.1, 0.15) is 0 Å². The number of carbonyl (C=O) groups excluding carboxylic acids is 1. The number of urea groups is 1. The lowest BCUT2D eigenvalue weighted by molar-refractivity contribution is 0.252. The smallest absolute Gasteiger partial charge is 0.319 e. The number of rotatable bonds is 5. The first-order chi connectivity index (χ1) is 10.1. The third-order valence-electron chi connectivity index (χ3n) is 2.68. The number of hydrogen-bond acceptors (Lipinski definition) is 2. The molecule has 0 heterocycles. The van der Waals surface area contributed by atoms with Crippen LogP contribution in [0.25, 0.3) is 0 Å². The second-order valence-electron chi connectivity index (χ2n) is 4.25. The molecule has 2 aromatic carbocycles. The minimum Gasteiger partial charge on any atom is -0.337 e. The summed E-state index contributed by atoms with van der Waals surface area (Å²) < 4.78 is 24.6. The molecule has 0 bridgehead atoms. The van der Waals surface area contributed by atoms with Gasteiger partial charge in [-0.05, 0) is 36.4 Å². The van der Waals surface area contributed by atoms with Crippen molar-refractivity contribution in [3.63, 3.8) is 0 Å². The molecule has 4 nitrogen and oxygen atoms in total. The summed E-state index contributed by atoms with van der Waals surface area (Å²) in [6.07, 6.45) is 0. The Balaban J connectivity index is 1.74. The average molecular weight is 306 g/mol. The van der Waals surface area contributed by atoms with Gasteiger partial charge in [-0.2, -0.15) is 0 Å². The highest BCUT2D eigenvalue weighted by atomic mass is 32.2. The first kappa shape index (κ1) is 15.2. The van der Waals surface area contributed by atoms with E-state index in [1.54, 1.807) is 12.1 Å². The molecule has 6 heteroatoms. The highest BCUT2D eigenvalue weighted by Gasteiger charge is 2.05. The largest absolute Gasteiger partial charge is 0.337 e. The molecule has 0 saturated carbocycles. The van der Waals surface area contributed by atoms with Crippen molar-refractivity contribution in [3.05, 3.63) is 60.4 Å². The predicted octanol–water partition coefficient (Wildman–Crippen LogP) is 2.76. The van der Waals surface area contributed by atoms with Crippen LogP contribution in [0.4, 0.5) is 14.9 Å². The summed E-state index contributed by atoms with van der Waals surface area (Å²) in [5.41, 5.74) is 0.498. The highest BCUT2D eigenvalue weighted by Crippen LogP contribution is 2.08. The number of carbonyl (C=O) groups is 1. The molecule has 0 aromatic heterocycles. The lowest BCUT2D eigenvalue weighted by Gasteiger charge is -2.07. The van der Waals surface area contributed by atoms with E-state index in [9.17, 15) is 13.4 Å². The van der Waals surface area contributed by atoms with Gasteiger partial charge >= 0.3 is 6.03 Å². The molecule has 0 aliphatic carbocycles. The molecule has 2 aromatic rings. The van der Waals surface area contributed by atoms with Crippen molar-refractivity contribution < 1.29 is 13.4 Å². The molecule has 2 N–H and O–H groups in total. The number of halogens is 1. The van der Waals surface area contributed by atoms with Gasteiger partial charge in [0.25, 0.3) is 0 Å². The van der Waals surface area contributed by atoms with Crippen LogP contribution in [0.5, 0.6) is 0 Å². The van der Waals surface area contributed by atoms with Gasteiger partial charge in [-0.3, -0.25) is 4.21 Å². The van der Waals surface area contributed by atoms with Crippen LogP contribution in [-0.2, 0) is 10.8 Å². The molecule has 0 aliphatic heterocycles. The summed E-state index contributed by atoms with van der Waals surface area (Å²) in [6.45, 7) is 0.286. The zero-order valence-corrected chi connectivity index (χ0v) is 12.0. The van der Waals surface area contributed by atoms with Crippen LogP contribution in [0, 0.1) is 5.82 Å². The van der Waals surface area contributed by atoms with E-state index in [0.29, 0.717) is 11.4 Å². The Kier molecular flexibility index (Phi) is 5.45. The molecule has 2 amide bonds. The van der Waals surface area contributed by atoms with Gasteiger partial charge in [-0.15, -0.1) is 0 Å². The fraction of sp³-hybridized carbons (Fsp3) is 0.133. The standard InChI is InChI=1S/C15H15FN2O2S/c16-12-6-8-13(9-7-12)18-15(19)17-10-11-21(20)14-4-2-1-3-5-14/h1-9H,10-11H2,(H2,17,18,19)/t21-/m1/s1. The highest BCUT2D eigenvalue weighted by molar-refractivity contribution is 7.85. The first-order valence-corrected chi connectivity index (χ1v) is 7.71. The zero-order valence-electron chi connectivity index (χ0n) is 11.2. The summed E-state index contributed by atoms with van der Waals surface area (Å²) in [7, 11) is -1.14. The van der Waals surface area contributed by atoms with Crippen molar-refractivity contribution in [2.45, 2.75) is 4.90 Å². The van der Waals surface area contributed by atoms with E-state index in [-0.39, 0.29) is 12.4 Å². The summed E-state index contributed by atoms with van der Waals surface area (Å²) in [6, 6.07) is 14.1. The van der Waals surface area contributed by atoms with Crippen molar-refractivity contribution >= 4 is 22.5 Å². The Morgan fingerprint density at radius 3 is 2.38 bits per heavy atom. The summed E-state index contributed by atoms with van der Waals surface area (Å²) in [5.74, 6) is -0.0277. The van der Waals surface area contributed by atoms with Crippen molar-refractivity contribution in [1.82, 2.24) is 5.32 Å². The SMILES string of the molecule is O=C(NCC[S@@](=O)c1ccccc1)Nc1ccc(F)cc1. The van der Waals surface area contributed by atoms with Gasteiger partial charge in [-0.1, -0.05) is 18.2 Å². The molecule has 0 unspecified atom stereocenters. The molecule has 21 heavy (non-hydrogen) atoms. The van der Waals surface area contributed by atoms with Crippen molar-refractivity contribution in [2.24, 2.45) is 0 Å². The minimum atomic E-state index is -1.14. The van der Waals surface area contributed by atoms with Gasteiger partial charge in [0.1, 0.15) is 5.82 Å². The Morgan fingerprint density at radius 2 is 1.71 bits per heavy atom. The predicted molar refractivity (Wildman–Crippen MR) is 81.1 cm³/mol. The maximum atomic E-state index is 12.7. The quantitative estimate of drug-likeness (QED) is 0.892. The molecule has 1 atom stereocenters. The molecule has 0 spiro atoms. The number of hydrogen-bond donors (Lipinski definition) is 2. The minimum absolute atomic E-state index is 0.286. The van der Waals surface area contributed by atoms with Crippen LogP contribution < -0.4 is 10.6 Å². The van der Waals surface area contributed by atoms with Gasteiger partial charge in [0.15, 0.2) is 0 Å². The van der Waals surface area contributed by atoms with Gasteiger partial charge in [0.2, 0.25) is 0 Å². The van der Waals surface area contributed by atoms with Gasteiger partial charge in [0, 0.05) is 22.9 Å². The van der Waals surface area contributed by atoms with Crippen LogP contribution in [0.3, 0.4) is 0 Å². The van der Waals surface area contributed by atoms with Crippen molar-refractivity contribution in [2.75, 3.05) is 17.6 Å². The Hall–Kier alpha value is -2.21. The Bertz CT molecular complexity index is 617. The monoisotopic (exact) mass is 306 g/mol. The second-order valence-corrected chi connectivity index (χ2v) is 5.82. The Labute approximate surface area is 124 Å². The lowest BCUT2D eigenvalue weighted by Crippen LogP contribution is -2.31. The third kappa shape index (κ3) is 5.00. The van der Waals surface area contributed by atoms with Gasteiger partial charge in [0.05, 0.1) is 10.8 Å². The van der Waals surface area contributed by atoms with Crippen molar-refractivity contribution in [3.8, 4) is 0 Å². The molecule has 0 radical (unpaired) electrons. The van der Waals surface area contributed by atoms with Crippen molar-refractivity contribution in [1.29, 1.82) is 0 Å². The van der Waals surface area contributed by atoms with Crippen LogP contribution in [0.15, 0.2) is 59.5 Å². The molecule has 0 saturated heterocycles. The van der Waals surface area contributed by atoms with Crippen LogP contribution in [-0.4, -0.2) is 22.5 Å². The molecule has 0 fully saturated rings. The van der Waals surface area contributed by atoms with E-state index in [4.69, 9.17) is 0 Å². The normalized spacial score (nSPS) is 11.7. The van der Waals surface area contributed by atoms with E-state index < -0.39 is 16.8 Å². The van der Waals surface area contributed by atoms with E-state index in [1.807, 2.05) is 18.2 Å². The van der Waals surface area contributed by atoms with Crippen LogP contribution >= 0.6 is 0 Å². The molecule has 0 aliphatic rings. The van der Waals surface area contributed by atoms with E-state index in [1.165, 1.54) is 24.3 Å². The summed E-state index contributed by atoms with van der Waals surface area (Å²) in [5, 5.41) is 5.18. The maximum Gasteiger partial charge on any atom is 0.319 e. The third-order valence-corrected chi connectivity index (χ3v) is 4.05. The molecular formula is C15H15FN2O2S. The zero-order chi connectivity index (χ0) is 15.1. The summed E-state index contributed by atoms with van der Waals surface area (Å²) >= 11 is 0. The Morgan fingerprint density at radius 1 is 1.05 bits per heavy atom. The lowest BCUT2D eigenvalue weighted by atomic mass is 10.3. The maximum absolute atomic E-state index is 12.7. The number of amides is 2. The number of anilines is 1. The van der Waals surface area contributed by atoms with E-state index >= 15 is 0 Å². The molecule has 2 rings (SSSR count). The van der Waals surface area contributed by atoms with E-state index in [0.717, 1.165) is 4.90 Å². The molecular weight excluding hydrogens is 291 g/mol. The van der Waals surface area contributed by atoms with Gasteiger partial charge in [-0.25, -0.2) is 9.18 Å². The average Bonchev–Trinajstić information content (AvgIpc) is 2.50. The number of nitrogens with one attached hydrogen (secondary N) is 2. The van der Waals surface area contributed by atoms with Gasteiger partial charge < -0.3 is 10.6 Å². The fourth-order valence-electron chi connectivity index (χ4n) is 1.66. The second kappa shape index (κ2) is 7.54.